The minimum atomic E-state index is -0.210. The number of thioether (sulfide) groups is 1. The first-order valence-corrected chi connectivity index (χ1v) is 11.6. The van der Waals surface area contributed by atoms with Gasteiger partial charge in [0, 0.05) is 10.5 Å². The van der Waals surface area contributed by atoms with Crippen LogP contribution in [0.5, 0.6) is 0 Å². The first kappa shape index (κ1) is 20.6. The van der Waals surface area contributed by atoms with Crippen molar-refractivity contribution in [2.45, 2.75) is 17.0 Å². The lowest BCUT2D eigenvalue weighted by Gasteiger charge is -2.39. The first-order valence-electron chi connectivity index (χ1n) is 10.3. The van der Waals surface area contributed by atoms with E-state index < -0.39 is 0 Å². The monoisotopic (exact) mass is 418 g/mol. The van der Waals surface area contributed by atoms with E-state index in [0.29, 0.717) is 19.0 Å². The number of carbonyl (C=O) groups excluding carboxylic acids is 1. The van der Waals surface area contributed by atoms with E-state index in [9.17, 15) is 4.79 Å². The van der Waals surface area contributed by atoms with Crippen LogP contribution in [0.25, 0.3) is 0 Å². The minimum absolute atomic E-state index is 0.0560. The van der Waals surface area contributed by atoms with E-state index in [4.69, 9.17) is 13.9 Å². The zero-order valence-corrected chi connectivity index (χ0v) is 17.7. The van der Waals surface area contributed by atoms with Crippen LogP contribution in [-0.2, 0) is 9.47 Å². The molecule has 2 aromatic rings. The van der Waals surface area contributed by atoms with Crippen LogP contribution in [0.4, 0.5) is 0 Å². The second-order valence-electron chi connectivity index (χ2n) is 7.61. The Hall–Kier alpha value is -1.64. The third-order valence-electron chi connectivity index (χ3n) is 6.00. The van der Waals surface area contributed by atoms with Crippen LogP contribution in [0.1, 0.15) is 22.2 Å². The van der Waals surface area contributed by atoms with Crippen molar-refractivity contribution in [3.05, 3.63) is 54.0 Å². The van der Waals surface area contributed by atoms with E-state index in [1.165, 1.54) is 20.3 Å². The molecule has 2 fully saturated rings. The number of morpholine rings is 2. The Morgan fingerprint density at radius 1 is 0.931 bits per heavy atom. The zero-order chi connectivity index (χ0) is 20.1. The molecule has 1 aromatic carbocycles. The smallest absolute Gasteiger partial charge is 0.261 e. The van der Waals surface area contributed by atoms with Gasteiger partial charge in [0.25, 0.3) is 5.78 Å². The molecule has 29 heavy (non-hydrogen) atoms. The van der Waals surface area contributed by atoms with Crippen LogP contribution in [0, 0.1) is 0 Å². The Morgan fingerprint density at radius 3 is 2.10 bits per heavy atom. The quantitative estimate of drug-likeness (QED) is 0.494. The molecule has 1 aromatic heterocycles. The third-order valence-corrected chi connectivity index (χ3v) is 6.75. The number of ketones is 1. The SMILES string of the molecule is CSc1ccc([C@H]([C@@H](C(=O)c2ccco2)[NH+]2CCOCC2)[NH+]2CCOCC2)cc1. The van der Waals surface area contributed by atoms with Gasteiger partial charge in [0.2, 0.25) is 6.04 Å². The molecular formula is C22H30N2O4S+2. The minimum Gasteiger partial charge on any atom is -0.461 e. The highest BCUT2D eigenvalue weighted by Gasteiger charge is 2.46. The van der Waals surface area contributed by atoms with Crippen molar-refractivity contribution in [1.29, 1.82) is 0 Å². The van der Waals surface area contributed by atoms with E-state index in [0.717, 1.165) is 39.4 Å². The Bertz CT molecular complexity index is 769. The number of nitrogens with one attached hydrogen (secondary N) is 2. The van der Waals surface area contributed by atoms with Gasteiger partial charge in [0.15, 0.2) is 11.8 Å². The molecule has 2 N–H and O–H groups in total. The molecule has 0 saturated carbocycles. The maximum absolute atomic E-state index is 13.7. The lowest BCUT2D eigenvalue weighted by Crippen LogP contribution is -3.25. The number of benzene rings is 1. The molecular weight excluding hydrogens is 388 g/mol. The number of Topliss-reactive ketones (excluding diaryl/α,β-unsaturated/α-hetero) is 1. The molecule has 2 saturated heterocycles. The third kappa shape index (κ3) is 4.75. The van der Waals surface area contributed by atoms with Crippen LogP contribution in [-0.4, -0.2) is 70.7 Å². The summed E-state index contributed by atoms with van der Waals surface area (Å²) < 4.78 is 16.8. The van der Waals surface area contributed by atoms with Crippen molar-refractivity contribution in [3.8, 4) is 0 Å². The molecule has 2 aliphatic rings. The van der Waals surface area contributed by atoms with Gasteiger partial charge in [-0.2, -0.15) is 0 Å². The van der Waals surface area contributed by atoms with Crippen molar-refractivity contribution < 1.29 is 28.5 Å². The Kier molecular flexibility index (Phi) is 7.05. The summed E-state index contributed by atoms with van der Waals surface area (Å²) in [7, 11) is 0. The largest absolute Gasteiger partial charge is 0.461 e. The topological polar surface area (TPSA) is 57.5 Å². The molecule has 2 atom stereocenters. The Labute approximate surface area is 176 Å². The number of rotatable bonds is 7. The van der Waals surface area contributed by atoms with Crippen LogP contribution in [0.3, 0.4) is 0 Å². The fraction of sp³-hybridized carbons (Fsp3) is 0.500. The van der Waals surface area contributed by atoms with Gasteiger partial charge in [-0.15, -0.1) is 11.8 Å². The average Bonchev–Trinajstić information content (AvgIpc) is 3.33. The van der Waals surface area contributed by atoms with Crippen molar-refractivity contribution in [3.63, 3.8) is 0 Å². The van der Waals surface area contributed by atoms with E-state index in [1.54, 1.807) is 30.2 Å². The van der Waals surface area contributed by atoms with Crippen LogP contribution >= 0.6 is 11.8 Å². The number of ether oxygens (including phenoxy) is 2. The normalized spacial score (nSPS) is 21.0. The van der Waals surface area contributed by atoms with Crippen LogP contribution < -0.4 is 9.80 Å². The predicted molar refractivity (Wildman–Crippen MR) is 111 cm³/mol. The standard InChI is InChI=1S/C22H28N2O4S/c1-29-18-6-4-17(5-7-18)20(23-8-13-26-14-9-23)21(24-10-15-27-16-11-24)22(25)19-3-2-12-28-19/h2-7,12,20-21H,8-11,13-16H2,1H3/p+2/t20-,21+/m1/s1. The molecule has 156 valence electrons. The molecule has 4 rings (SSSR count). The summed E-state index contributed by atoms with van der Waals surface area (Å²) in [6, 6.07) is 12.1. The van der Waals surface area contributed by atoms with Gasteiger partial charge in [-0.05, 0) is 30.5 Å². The lowest BCUT2D eigenvalue weighted by molar-refractivity contribution is -0.999. The van der Waals surface area contributed by atoms with Crippen molar-refractivity contribution in [1.82, 2.24) is 0 Å². The number of furan rings is 1. The second-order valence-corrected chi connectivity index (χ2v) is 8.49. The molecule has 6 nitrogen and oxygen atoms in total. The molecule has 3 heterocycles. The summed E-state index contributed by atoms with van der Waals surface area (Å²) in [5.41, 5.74) is 1.21. The van der Waals surface area contributed by atoms with Crippen molar-refractivity contribution in [2.24, 2.45) is 0 Å². The summed E-state index contributed by atoms with van der Waals surface area (Å²) in [5.74, 6) is 0.539. The van der Waals surface area contributed by atoms with Crippen LogP contribution in [0.15, 0.2) is 52.0 Å². The maximum Gasteiger partial charge on any atom is 0.261 e. The number of carbonyl (C=O) groups is 1. The molecule has 7 heteroatoms. The Balaban J connectivity index is 1.74. The zero-order valence-electron chi connectivity index (χ0n) is 16.9. The Morgan fingerprint density at radius 2 is 1.55 bits per heavy atom. The van der Waals surface area contributed by atoms with E-state index in [-0.39, 0.29) is 17.9 Å². The molecule has 0 amide bonds. The first-order chi connectivity index (χ1) is 14.3. The van der Waals surface area contributed by atoms with Gasteiger partial charge in [0.1, 0.15) is 26.2 Å². The highest BCUT2D eigenvalue weighted by Crippen LogP contribution is 2.21. The van der Waals surface area contributed by atoms with Gasteiger partial charge in [-0.25, -0.2) is 0 Å². The highest BCUT2D eigenvalue weighted by molar-refractivity contribution is 7.98. The molecule has 2 aliphatic heterocycles. The van der Waals surface area contributed by atoms with E-state index in [2.05, 4.69) is 30.5 Å². The van der Waals surface area contributed by atoms with Crippen LogP contribution in [0.2, 0.25) is 0 Å². The van der Waals surface area contributed by atoms with E-state index in [1.807, 2.05) is 0 Å². The molecule has 0 bridgehead atoms. The van der Waals surface area contributed by atoms with Gasteiger partial charge in [-0.1, -0.05) is 12.1 Å². The van der Waals surface area contributed by atoms with E-state index >= 15 is 0 Å². The summed E-state index contributed by atoms with van der Waals surface area (Å²) in [6.45, 7) is 6.31. The van der Waals surface area contributed by atoms with Gasteiger partial charge >= 0.3 is 0 Å². The van der Waals surface area contributed by atoms with Crippen molar-refractivity contribution in [2.75, 3.05) is 58.9 Å². The molecule has 0 unspecified atom stereocenters. The van der Waals surface area contributed by atoms with Gasteiger partial charge < -0.3 is 23.7 Å². The number of hydrogen-bond acceptors (Lipinski definition) is 5. The predicted octanol–water partition coefficient (Wildman–Crippen LogP) is 0.124. The fourth-order valence-electron chi connectivity index (χ4n) is 4.51. The van der Waals surface area contributed by atoms with Gasteiger partial charge in [-0.3, -0.25) is 4.79 Å². The molecule has 0 aliphatic carbocycles. The molecule has 0 spiro atoms. The number of hydrogen-bond donors (Lipinski definition) is 2. The lowest BCUT2D eigenvalue weighted by atomic mass is 9.91. The number of quaternary nitrogens is 2. The summed E-state index contributed by atoms with van der Waals surface area (Å²) in [5, 5.41) is 0. The molecule has 0 radical (unpaired) electrons. The fourth-order valence-corrected chi connectivity index (χ4v) is 4.92. The maximum atomic E-state index is 13.7. The highest BCUT2D eigenvalue weighted by atomic mass is 32.2. The summed E-state index contributed by atoms with van der Waals surface area (Å²) in [4.78, 5) is 17.6. The average molecular weight is 419 g/mol. The van der Waals surface area contributed by atoms with Crippen molar-refractivity contribution >= 4 is 17.5 Å². The van der Waals surface area contributed by atoms with Gasteiger partial charge in [0.05, 0.1) is 32.7 Å². The second kappa shape index (κ2) is 9.91. The summed E-state index contributed by atoms with van der Waals surface area (Å²) in [6.07, 6.45) is 3.67. The summed E-state index contributed by atoms with van der Waals surface area (Å²) >= 11 is 1.74.